The van der Waals surface area contributed by atoms with Gasteiger partial charge in [0, 0.05) is 24.6 Å². The van der Waals surface area contributed by atoms with Crippen LogP contribution in [0.2, 0.25) is 0 Å². The van der Waals surface area contributed by atoms with E-state index in [1.165, 1.54) is 6.33 Å². The molecule has 134 valence electrons. The number of rotatable bonds is 8. The zero-order valence-corrected chi connectivity index (χ0v) is 14.7. The Morgan fingerprint density at radius 3 is 2.76 bits per heavy atom. The number of benzene rings is 1. The van der Waals surface area contributed by atoms with E-state index in [1.54, 1.807) is 12.3 Å². The van der Waals surface area contributed by atoms with Gasteiger partial charge in [0.25, 0.3) is 0 Å². The van der Waals surface area contributed by atoms with Crippen molar-refractivity contribution in [2.24, 2.45) is 5.92 Å². The van der Waals surface area contributed by atoms with Crippen LogP contribution in [-0.2, 0) is 20.4 Å². The highest BCUT2D eigenvalue weighted by molar-refractivity contribution is 7.32. The van der Waals surface area contributed by atoms with Gasteiger partial charge in [0.1, 0.15) is 12.4 Å². The van der Waals surface area contributed by atoms with Crippen LogP contribution in [0, 0.1) is 5.92 Å². The standard InChI is InChI=1S/C17H21N2O5P/c20-25(21)24-16-9-15(23-17-6-7-18-12-19-17)8-14(16)11-22-10-13-4-2-1-3-5-13/h1-7,12,14-16,25H,8-11H2,(H,20,21)/t14-,15-,16?/m1/s1. The van der Waals surface area contributed by atoms with Crippen LogP contribution < -0.4 is 4.74 Å². The maximum atomic E-state index is 11.1. The van der Waals surface area contributed by atoms with Crippen molar-refractivity contribution in [2.75, 3.05) is 6.61 Å². The average Bonchev–Trinajstić information content (AvgIpc) is 2.97. The van der Waals surface area contributed by atoms with Crippen molar-refractivity contribution in [1.29, 1.82) is 0 Å². The van der Waals surface area contributed by atoms with E-state index in [4.69, 9.17) is 18.9 Å². The normalized spacial score (nSPS) is 24.1. The maximum Gasteiger partial charge on any atom is 0.316 e. The highest BCUT2D eigenvalue weighted by Gasteiger charge is 2.37. The first-order valence-corrected chi connectivity index (χ1v) is 9.41. The van der Waals surface area contributed by atoms with Crippen molar-refractivity contribution >= 4 is 8.25 Å². The van der Waals surface area contributed by atoms with Crippen LogP contribution in [0.1, 0.15) is 18.4 Å². The fraction of sp³-hybridized carbons (Fsp3) is 0.412. The second-order valence-electron chi connectivity index (χ2n) is 5.94. The van der Waals surface area contributed by atoms with Gasteiger partial charge in [-0.2, -0.15) is 0 Å². The quantitative estimate of drug-likeness (QED) is 0.720. The molecule has 1 heterocycles. The molecule has 0 amide bonds. The minimum Gasteiger partial charge on any atom is -0.474 e. The van der Waals surface area contributed by atoms with Gasteiger partial charge in [-0.1, -0.05) is 30.3 Å². The van der Waals surface area contributed by atoms with E-state index >= 15 is 0 Å². The van der Waals surface area contributed by atoms with E-state index in [0.29, 0.717) is 31.9 Å². The first-order chi connectivity index (χ1) is 12.2. The highest BCUT2D eigenvalue weighted by atomic mass is 31.1. The molecule has 25 heavy (non-hydrogen) atoms. The highest BCUT2D eigenvalue weighted by Crippen LogP contribution is 2.36. The number of ether oxygens (including phenoxy) is 2. The topological polar surface area (TPSA) is 90.8 Å². The van der Waals surface area contributed by atoms with Gasteiger partial charge >= 0.3 is 8.25 Å². The molecule has 1 N–H and O–H groups in total. The summed E-state index contributed by atoms with van der Waals surface area (Å²) >= 11 is 0. The van der Waals surface area contributed by atoms with Gasteiger partial charge < -0.3 is 18.9 Å². The summed E-state index contributed by atoms with van der Waals surface area (Å²) < 4.78 is 27.9. The van der Waals surface area contributed by atoms with Crippen molar-refractivity contribution in [1.82, 2.24) is 9.97 Å². The van der Waals surface area contributed by atoms with Gasteiger partial charge in [0.15, 0.2) is 0 Å². The third-order valence-electron chi connectivity index (χ3n) is 4.12. The Kier molecular flexibility index (Phi) is 6.53. The van der Waals surface area contributed by atoms with E-state index in [-0.39, 0.29) is 18.1 Å². The summed E-state index contributed by atoms with van der Waals surface area (Å²) in [4.78, 5) is 17.0. The van der Waals surface area contributed by atoms with Gasteiger partial charge in [0.05, 0.1) is 19.3 Å². The zero-order chi connectivity index (χ0) is 17.5. The summed E-state index contributed by atoms with van der Waals surface area (Å²) in [5.41, 5.74) is 1.09. The molecule has 2 aromatic rings. The lowest BCUT2D eigenvalue weighted by Gasteiger charge is -2.18. The van der Waals surface area contributed by atoms with Crippen LogP contribution in [0.3, 0.4) is 0 Å². The predicted octanol–water partition coefficient (Wildman–Crippen LogP) is 2.62. The molecule has 1 aromatic heterocycles. The second kappa shape index (κ2) is 9.06. The summed E-state index contributed by atoms with van der Waals surface area (Å²) in [6.07, 6.45) is 3.74. The van der Waals surface area contributed by atoms with Crippen molar-refractivity contribution in [3.05, 3.63) is 54.5 Å². The molecule has 0 bridgehead atoms. The Labute approximate surface area is 146 Å². The van der Waals surface area contributed by atoms with Gasteiger partial charge in [-0.05, 0) is 12.0 Å². The van der Waals surface area contributed by atoms with Crippen LogP contribution in [-0.4, -0.2) is 33.7 Å². The van der Waals surface area contributed by atoms with Crippen LogP contribution in [0.15, 0.2) is 48.9 Å². The monoisotopic (exact) mass is 364 g/mol. The summed E-state index contributed by atoms with van der Waals surface area (Å²) in [5, 5.41) is 0. The lowest BCUT2D eigenvalue weighted by molar-refractivity contribution is 0.0451. The van der Waals surface area contributed by atoms with Crippen molar-refractivity contribution < 1.29 is 23.5 Å². The lowest BCUT2D eigenvalue weighted by atomic mass is 10.1. The largest absolute Gasteiger partial charge is 0.474 e. The number of aromatic nitrogens is 2. The smallest absolute Gasteiger partial charge is 0.316 e. The Morgan fingerprint density at radius 2 is 2.04 bits per heavy atom. The van der Waals surface area contributed by atoms with E-state index < -0.39 is 8.25 Å². The van der Waals surface area contributed by atoms with Gasteiger partial charge in [-0.3, -0.25) is 4.57 Å². The lowest BCUT2D eigenvalue weighted by Crippen LogP contribution is -2.20. The Morgan fingerprint density at radius 1 is 1.20 bits per heavy atom. The SMILES string of the molecule is O=[PH](O)OC1C[C@H](Oc2ccncn2)C[C@@H]1COCc1ccccc1. The molecule has 1 aliphatic rings. The predicted molar refractivity (Wildman–Crippen MR) is 91.4 cm³/mol. The fourth-order valence-corrected chi connectivity index (χ4v) is 3.55. The molecular weight excluding hydrogens is 343 g/mol. The molecule has 2 unspecified atom stereocenters. The van der Waals surface area contributed by atoms with Crippen molar-refractivity contribution in [3.8, 4) is 5.88 Å². The molecule has 4 atom stereocenters. The minimum absolute atomic E-state index is 0.00310. The molecule has 8 heteroatoms. The average molecular weight is 364 g/mol. The molecule has 0 aliphatic heterocycles. The molecule has 7 nitrogen and oxygen atoms in total. The van der Waals surface area contributed by atoms with Crippen molar-refractivity contribution in [3.63, 3.8) is 0 Å². The third kappa shape index (κ3) is 5.61. The first-order valence-electron chi connectivity index (χ1n) is 8.14. The molecule has 0 spiro atoms. The number of hydrogen-bond acceptors (Lipinski definition) is 6. The number of hydrogen-bond donors (Lipinski definition) is 1. The van der Waals surface area contributed by atoms with Crippen molar-refractivity contribution in [2.45, 2.75) is 31.7 Å². The maximum absolute atomic E-state index is 11.1. The van der Waals surface area contributed by atoms with Crippen LogP contribution in [0.5, 0.6) is 5.88 Å². The molecular formula is C17H21N2O5P. The first kappa shape index (κ1) is 18.0. The second-order valence-corrected chi connectivity index (χ2v) is 6.71. The molecule has 1 saturated carbocycles. The van der Waals surface area contributed by atoms with E-state index in [0.717, 1.165) is 5.56 Å². The fourth-order valence-electron chi connectivity index (χ4n) is 3.00. The molecule has 0 radical (unpaired) electrons. The Bertz CT molecular complexity index is 673. The Balaban J connectivity index is 1.54. The van der Waals surface area contributed by atoms with E-state index in [9.17, 15) is 4.57 Å². The van der Waals surface area contributed by atoms with Crippen LogP contribution in [0.4, 0.5) is 0 Å². The van der Waals surface area contributed by atoms with E-state index in [1.807, 2.05) is 30.3 Å². The molecule has 1 fully saturated rings. The third-order valence-corrected chi connectivity index (χ3v) is 4.63. The molecule has 1 aromatic carbocycles. The summed E-state index contributed by atoms with van der Waals surface area (Å²) in [6, 6.07) is 11.6. The molecule has 3 rings (SSSR count). The molecule has 0 saturated heterocycles. The van der Waals surface area contributed by atoms with Gasteiger partial charge in [0.2, 0.25) is 5.88 Å². The summed E-state index contributed by atoms with van der Waals surface area (Å²) in [7, 11) is -3.01. The summed E-state index contributed by atoms with van der Waals surface area (Å²) in [5.74, 6) is 0.484. The zero-order valence-electron chi connectivity index (χ0n) is 13.7. The minimum atomic E-state index is -3.01. The van der Waals surface area contributed by atoms with E-state index in [2.05, 4.69) is 9.97 Å². The van der Waals surface area contributed by atoms with Crippen LogP contribution in [0.25, 0.3) is 0 Å². The summed E-state index contributed by atoms with van der Waals surface area (Å²) in [6.45, 7) is 0.939. The van der Waals surface area contributed by atoms with Crippen LogP contribution >= 0.6 is 8.25 Å². The van der Waals surface area contributed by atoms with Gasteiger partial charge in [-0.25, -0.2) is 9.97 Å². The number of nitrogens with zero attached hydrogens (tertiary/aromatic N) is 2. The van der Waals surface area contributed by atoms with Gasteiger partial charge in [-0.15, -0.1) is 0 Å². The molecule has 1 aliphatic carbocycles. The Hall–Kier alpha value is -1.79.